The van der Waals surface area contributed by atoms with E-state index in [1.807, 2.05) is 0 Å². The quantitative estimate of drug-likeness (QED) is 0.489. The summed E-state index contributed by atoms with van der Waals surface area (Å²) in [7, 11) is 0. The summed E-state index contributed by atoms with van der Waals surface area (Å²) in [6.45, 7) is 6.84. The summed E-state index contributed by atoms with van der Waals surface area (Å²) in [5.74, 6) is 0.766. The van der Waals surface area contributed by atoms with Crippen LogP contribution in [-0.4, -0.2) is 36.3 Å². The van der Waals surface area contributed by atoms with Gasteiger partial charge < -0.3 is 0 Å². The van der Waals surface area contributed by atoms with Gasteiger partial charge in [-0.25, -0.2) is 0 Å². The first-order valence-electron chi connectivity index (χ1n) is 4.04. The number of rotatable bonds is 1. The van der Waals surface area contributed by atoms with Crippen molar-refractivity contribution in [2.45, 2.75) is 25.9 Å². The van der Waals surface area contributed by atoms with Gasteiger partial charge >= 0.3 is 0 Å². The summed E-state index contributed by atoms with van der Waals surface area (Å²) in [6.07, 6.45) is 2.10. The summed E-state index contributed by atoms with van der Waals surface area (Å²) >= 11 is 0. The van der Waals surface area contributed by atoms with Gasteiger partial charge in [-0.05, 0) is 5.92 Å². The lowest BCUT2D eigenvalue weighted by atomic mass is 10.0. The standard InChI is InChI=1S/C8H14N2/c1-6(2)8-4-9-3-7-5-10(7)8/h3,6-8H,4-5H2,1-2H3. The highest BCUT2D eigenvalue weighted by molar-refractivity contribution is 5.69. The Hall–Kier alpha value is -0.370. The van der Waals surface area contributed by atoms with E-state index < -0.39 is 0 Å². The van der Waals surface area contributed by atoms with Crippen LogP contribution in [0.2, 0.25) is 0 Å². The molecule has 0 radical (unpaired) electrons. The SMILES string of the molecule is CC(C)C1CN=CC2CN21. The van der Waals surface area contributed by atoms with Crippen LogP contribution in [0, 0.1) is 5.92 Å². The number of aliphatic imine (C=N–C) groups is 1. The highest BCUT2D eigenvalue weighted by atomic mass is 15.4. The molecule has 0 aromatic heterocycles. The first kappa shape index (κ1) is 6.35. The van der Waals surface area contributed by atoms with Gasteiger partial charge in [-0.2, -0.15) is 0 Å². The Morgan fingerprint density at radius 2 is 2.40 bits per heavy atom. The Kier molecular flexibility index (Phi) is 1.31. The molecule has 56 valence electrons. The Labute approximate surface area is 61.9 Å². The van der Waals surface area contributed by atoms with Crippen molar-refractivity contribution in [3.63, 3.8) is 0 Å². The van der Waals surface area contributed by atoms with Crippen molar-refractivity contribution in [2.75, 3.05) is 13.1 Å². The molecule has 0 amide bonds. The average molecular weight is 138 g/mol. The minimum absolute atomic E-state index is 0.709. The van der Waals surface area contributed by atoms with E-state index in [0.717, 1.165) is 18.5 Å². The smallest absolute Gasteiger partial charge is 0.0578 e. The Bertz CT molecular complexity index is 163. The van der Waals surface area contributed by atoms with E-state index in [9.17, 15) is 0 Å². The highest BCUT2D eigenvalue weighted by Crippen LogP contribution is 2.27. The average Bonchev–Trinajstić information content (AvgIpc) is 2.63. The lowest BCUT2D eigenvalue weighted by Gasteiger charge is -2.22. The predicted molar refractivity (Wildman–Crippen MR) is 42.5 cm³/mol. The van der Waals surface area contributed by atoms with E-state index in [0.29, 0.717) is 6.04 Å². The van der Waals surface area contributed by atoms with Gasteiger partial charge in [0, 0.05) is 18.8 Å². The monoisotopic (exact) mass is 138 g/mol. The molecular formula is C8H14N2. The molecule has 10 heavy (non-hydrogen) atoms. The number of fused-ring (bicyclic) bond motifs is 1. The minimum atomic E-state index is 0.709. The van der Waals surface area contributed by atoms with E-state index in [4.69, 9.17) is 0 Å². The third kappa shape index (κ3) is 0.870. The fourth-order valence-corrected chi connectivity index (χ4v) is 1.67. The third-order valence-electron chi connectivity index (χ3n) is 2.46. The van der Waals surface area contributed by atoms with Gasteiger partial charge in [0.05, 0.1) is 12.6 Å². The maximum atomic E-state index is 4.34. The molecule has 2 aliphatic heterocycles. The minimum Gasteiger partial charge on any atom is -0.294 e. The number of nitrogens with zero attached hydrogens (tertiary/aromatic N) is 2. The molecule has 2 rings (SSSR count). The van der Waals surface area contributed by atoms with Crippen molar-refractivity contribution in [2.24, 2.45) is 10.9 Å². The molecule has 2 heteroatoms. The second-order valence-corrected chi connectivity index (χ2v) is 3.59. The van der Waals surface area contributed by atoms with Crippen LogP contribution in [0.15, 0.2) is 4.99 Å². The molecular weight excluding hydrogens is 124 g/mol. The van der Waals surface area contributed by atoms with Gasteiger partial charge in [-0.3, -0.25) is 9.89 Å². The summed E-state index contributed by atoms with van der Waals surface area (Å²) in [5, 5.41) is 0. The number of hydrogen-bond donors (Lipinski definition) is 0. The molecule has 0 aliphatic carbocycles. The fraction of sp³-hybridized carbons (Fsp3) is 0.875. The van der Waals surface area contributed by atoms with E-state index in [1.54, 1.807) is 0 Å². The lowest BCUT2D eigenvalue weighted by molar-refractivity contribution is 0.303. The van der Waals surface area contributed by atoms with Gasteiger partial charge in [0.1, 0.15) is 0 Å². The first-order chi connectivity index (χ1) is 4.79. The van der Waals surface area contributed by atoms with Crippen molar-refractivity contribution in [3.8, 4) is 0 Å². The predicted octanol–water partition coefficient (Wildman–Crippen LogP) is 0.780. The van der Waals surface area contributed by atoms with Crippen LogP contribution < -0.4 is 0 Å². The fourth-order valence-electron chi connectivity index (χ4n) is 1.67. The molecule has 3 unspecified atom stereocenters. The molecule has 3 atom stereocenters. The van der Waals surface area contributed by atoms with Gasteiger partial charge in [0.15, 0.2) is 0 Å². The van der Waals surface area contributed by atoms with E-state index in [1.165, 1.54) is 6.54 Å². The normalized spacial score (nSPS) is 43.7. The summed E-state index contributed by atoms with van der Waals surface area (Å²) < 4.78 is 0. The number of hydrogen-bond acceptors (Lipinski definition) is 2. The highest BCUT2D eigenvalue weighted by Gasteiger charge is 2.41. The molecule has 1 fully saturated rings. The zero-order chi connectivity index (χ0) is 7.14. The largest absolute Gasteiger partial charge is 0.294 e. The van der Waals surface area contributed by atoms with Gasteiger partial charge in [0.25, 0.3) is 0 Å². The van der Waals surface area contributed by atoms with Crippen molar-refractivity contribution in [1.82, 2.24) is 4.90 Å². The van der Waals surface area contributed by atoms with E-state index >= 15 is 0 Å². The summed E-state index contributed by atoms with van der Waals surface area (Å²) in [4.78, 5) is 6.86. The van der Waals surface area contributed by atoms with Gasteiger partial charge in [-0.1, -0.05) is 13.8 Å². The van der Waals surface area contributed by atoms with Gasteiger partial charge in [-0.15, -0.1) is 0 Å². The third-order valence-corrected chi connectivity index (χ3v) is 2.46. The molecule has 0 saturated carbocycles. The maximum Gasteiger partial charge on any atom is 0.0578 e. The zero-order valence-corrected chi connectivity index (χ0v) is 6.62. The van der Waals surface area contributed by atoms with Crippen molar-refractivity contribution >= 4 is 6.21 Å². The van der Waals surface area contributed by atoms with Crippen LogP contribution in [-0.2, 0) is 0 Å². The molecule has 0 bridgehead atoms. The van der Waals surface area contributed by atoms with E-state index in [-0.39, 0.29) is 0 Å². The molecule has 0 N–H and O–H groups in total. The van der Waals surface area contributed by atoms with Crippen LogP contribution in [0.3, 0.4) is 0 Å². The summed E-state index contributed by atoms with van der Waals surface area (Å²) in [6, 6.07) is 1.44. The Morgan fingerprint density at radius 3 is 3.00 bits per heavy atom. The van der Waals surface area contributed by atoms with Crippen LogP contribution in [0.25, 0.3) is 0 Å². The molecule has 2 nitrogen and oxygen atoms in total. The van der Waals surface area contributed by atoms with Crippen LogP contribution in [0.5, 0.6) is 0 Å². The van der Waals surface area contributed by atoms with Crippen LogP contribution >= 0.6 is 0 Å². The van der Waals surface area contributed by atoms with Gasteiger partial charge in [0.2, 0.25) is 0 Å². The summed E-state index contributed by atoms with van der Waals surface area (Å²) in [5.41, 5.74) is 0. The van der Waals surface area contributed by atoms with Crippen molar-refractivity contribution in [1.29, 1.82) is 0 Å². The molecule has 0 spiro atoms. The lowest BCUT2D eigenvalue weighted by Crippen LogP contribution is -2.32. The second kappa shape index (κ2) is 2.06. The molecule has 1 saturated heterocycles. The maximum absolute atomic E-state index is 4.34. The molecule has 0 aromatic carbocycles. The molecule has 0 aromatic rings. The molecule has 2 aliphatic rings. The second-order valence-electron chi connectivity index (χ2n) is 3.59. The Balaban J connectivity index is 2.05. The van der Waals surface area contributed by atoms with Crippen molar-refractivity contribution < 1.29 is 0 Å². The first-order valence-corrected chi connectivity index (χ1v) is 4.04. The topological polar surface area (TPSA) is 15.4 Å². The van der Waals surface area contributed by atoms with Crippen LogP contribution in [0.1, 0.15) is 13.8 Å². The van der Waals surface area contributed by atoms with Crippen LogP contribution in [0.4, 0.5) is 0 Å². The van der Waals surface area contributed by atoms with E-state index in [2.05, 4.69) is 30.0 Å². The van der Waals surface area contributed by atoms with Crippen molar-refractivity contribution in [3.05, 3.63) is 0 Å². The zero-order valence-electron chi connectivity index (χ0n) is 6.62. The molecule has 2 heterocycles. The Morgan fingerprint density at radius 1 is 1.60 bits per heavy atom.